The molecule has 0 atom stereocenters. The fourth-order valence-corrected chi connectivity index (χ4v) is 2.71. The van der Waals surface area contributed by atoms with E-state index in [9.17, 15) is 0 Å². The summed E-state index contributed by atoms with van der Waals surface area (Å²) < 4.78 is 0. The lowest BCUT2D eigenvalue weighted by Crippen LogP contribution is -2.36. The molecule has 0 aliphatic carbocycles. The van der Waals surface area contributed by atoms with Gasteiger partial charge in [0.25, 0.3) is 0 Å². The Morgan fingerprint density at radius 1 is 0.905 bits per heavy atom. The molecule has 1 aliphatic heterocycles. The van der Waals surface area contributed by atoms with E-state index in [1.54, 1.807) is 11.8 Å². The van der Waals surface area contributed by atoms with Crippen LogP contribution in [0.25, 0.3) is 5.70 Å². The van der Waals surface area contributed by atoms with Gasteiger partial charge in [-0.2, -0.15) is 0 Å². The Hall–Kier alpha value is -2.20. The van der Waals surface area contributed by atoms with E-state index in [2.05, 4.69) is 59.4 Å². The fourth-order valence-electron chi connectivity index (χ4n) is 2.02. The van der Waals surface area contributed by atoms with Crippen LogP contribution in [0.3, 0.4) is 0 Å². The number of nitrogens with one attached hydrogen (secondary N) is 2. The fraction of sp³-hybridized carbons (Fsp3) is 0.118. The van der Waals surface area contributed by atoms with Crippen LogP contribution < -0.4 is 10.9 Å². The Kier molecular flexibility index (Phi) is 3.97. The minimum absolute atomic E-state index is 0.845. The van der Waals surface area contributed by atoms with Crippen molar-refractivity contribution in [3.63, 3.8) is 0 Å². The van der Waals surface area contributed by atoms with Crippen LogP contribution in [0, 0.1) is 13.8 Å². The lowest BCUT2D eigenvalue weighted by atomic mass is 10.1. The first-order chi connectivity index (χ1) is 10.2. The minimum atomic E-state index is 0.845. The number of aryl methyl sites for hydroxylation is 2. The summed E-state index contributed by atoms with van der Waals surface area (Å²) >= 11 is 1.59. The van der Waals surface area contributed by atoms with E-state index < -0.39 is 0 Å². The third-order valence-corrected chi connectivity index (χ3v) is 4.17. The third-order valence-electron chi connectivity index (χ3n) is 3.40. The van der Waals surface area contributed by atoms with Crippen LogP contribution in [0.2, 0.25) is 0 Å². The van der Waals surface area contributed by atoms with Gasteiger partial charge in [0.15, 0.2) is 5.17 Å². The van der Waals surface area contributed by atoms with Crippen LogP contribution >= 0.6 is 11.8 Å². The van der Waals surface area contributed by atoms with Crippen LogP contribution in [-0.4, -0.2) is 5.17 Å². The van der Waals surface area contributed by atoms with Gasteiger partial charge < -0.3 is 0 Å². The second-order valence-corrected chi connectivity index (χ2v) is 5.81. The number of benzene rings is 2. The molecule has 4 heteroatoms. The van der Waals surface area contributed by atoms with Crippen molar-refractivity contribution in [2.24, 2.45) is 4.99 Å². The summed E-state index contributed by atoms with van der Waals surface area (Å²) in [6, 6.07) is 16.5. The van der Waals surface area contributed by atoms with Gasteiger partial charge in [-0.05, 0) is 42.7 Å². The summed E-state index contributed by atoms with van der Waals surface area (Å²) in [6.07, 6.45) is 0. The van der Waals surface area contributed by atoms with Crippen molar-refractivity contribution in [2.75, 3.05) is 0 Å². The van der Waals surface area contributed by atoms with E-state index in [4.69, 9.17) is 0 Å². The van der Waals surface area contributed by atoms with Gasteiger partial charge in [0.1, 0.15) is 0 Å². The molecule has 0 aromatic heterocycles. The van der Waals surface area contributed by atoms with Gasteiger partial charge in [-0.25, -0.2) is 4.99 Å². The zero-order valence-electron chi connectivity index (χ0n) is 12.1. The Labute approximate surface area is 129 Å². The van der Waals surface area contributed by atoms with Crippen LogP contribution in [0.4, 0.5) is 5.69 Å². The van der Waals surface area contributed by atoms with Gasteiger partial charge in [0.05, 0.1) is 11.4 Å². The van der Waals surface area contributed by atoms with E-state index in [-0.39, 0.29) is 0 Å². The van der Waals surface area contributed by atoms with Gasteiger partial charge in [0.2, 0.25) is 0 Å². The van der Waals surface area contributed by atoms with E-state index in [1.165, 1.54) is 11.1 Å². The normalized spacial score (nSPS) is 16.1. The Morgan fingerprint density at radius 3 is 2.38 bits per heavy atom. The summed E-state index contributed by atoms with van der Waals surface area (Å²) in [5, 5.41) is 2.92. The van der Waals surface area contributed by atoms with E-state index >= 15 is 0 Å². The molecule has 1 aliphatic rings. The van der Waals surface area contributed by atoms with Crippen molar-refractivity contribution in [3.8, 4) is 0 Å². The molecule has 21 heavy (non-hydrogen) atoms. The highest BCUT2D eigenvalue weighted by Gasteiger charge is 2.09. The van der Waals surface area contributed by atoms with Crippen LogP contribution in [-0.2, 0) is 0 Å². The maximum atomic E-state index is 4.61. The molecule has 0 amide bonds. The molecule has 0 spiro atoms. The standard InChI is InChI=1S/C17H17N3S/c1-12-8-9-15(10-13(12)2)18-17-20-19-16(11-21-17)14-6-4-3-5-7-14/h3-11,19H,1-2H3,(H,18,20). The first-order valence-electron chi connectivity index (χ1n) is 6.82. The maximum absolute atomic E-state index is 4.61. The highest BCUT2D eigenvalue weighted by molar-refractivity contribution is 8.16. The summed E-state index contributed by atoms with van der Waals surface area (Å²) in [4.78, 5) is 4.61. The highest BCUT2D eigenvalue weighted by atomic mass is 32.2. The number of hydrogen-bond acceptors (Lipinski definition) is 3. The smallest absolute Gasteiger partial charge is 0.184 e. The lowest BCUT2D eigenvalue weighted by molar-refractivity contribution is 0.848. The molecule has 2 aromatic carbocycles. The summed E-state index contributed by atoms with van der Waals surface area (Å²) in [6.45, 7) is 4.21. The van der Waals surface area contributed by atoms with Crippen molar-refractivity contribution in [1.29, 1.82) is 0 Å². The number of rotatable bonds is 2. The predicted molar refractivity (Wildman–Crippen MR) is 91.3 cm³/mol. The maximum Gasteiger partial charge on any atom is 0.184 e. The molecule has 3 nitrogen and oxygen atoms in total. The Bertz CT molecular complexity index is 705. The summed E-state index contributed by atoms with van der Waals surface area (Å²) in [5.41, 5.74) is 12.1. The number of thioether (sulfide) groups is 1. The molecular formula is C17H17N3S. The average Bonchev–Trinajstić information content (AvgIpc) is 2.53. The SMILES string of the molecule is Cc1ccc(N=C2NNC(c3ccccc3)=CS2)cc1C. The monoisotopic (exact) mass is 295 g/mol. The molecular weight excluding hydrogens is 278 g/mol. The number of amidine groups is 1. The molecule has 0 saturated heterocycles. The molecule has 0 bridgehead atoms. The van der Waals surface area contributed by atoms with E-state index in [0.29, 0.717) is 0 Å². The number of hydrogen-bond donors (Lipinski definition) is 2. The van der Waals surface area contributed by atoms with Gasteiger partial charge in [0, 0.05) is 5.41 Å². The van der Waals surface area contributed by atoms with Gasteiger partial charge in [-0.3, -0.25) is 10.9 Å². The molecule has 0 radical (unpaired) electrons. The topological polar surface area (TPSA) is 36.4 Å². The zero-order valence-corrected chi connectivity index (χ0v) is 12.9. The first-order valence-corrected chi connectivity index (χ1v) is 7.70. The molecule has 2 N–H and O–H groups in total. The third kappa shape index (κ3) is 3.28. The quantitative estimate of drug-likeness (QED) is 0.874. The average molecular weight is 295 g/mol. The van der Waals surface area contributed by atoms with E-state index in [1.807, 2.05) is 24.3 Å². The molecule has 0 fully saturated rings. The van der Waals surface area contributed by atoms with Gasteiger partial charge >= 0.3 is 0 Å². The molecule has 0 saturated carbocycles. The van der Waals surface area contributed by atoms with Crippen molar-refractivity contribution < 1.29 is 0 Å². The number of aliphatic imine (C=N–C) groups is 1. The predicted octanol–water partition coefficient (Wildman–Crippen LogP) is 4.13. The van der Waals surface area contributed by atoms with Crippen LogP contribution in [0.1, 0.15) is 16.7 Å². The highest BCUT2D eigenvalue weighted by Crippen LogP contribution is 2.23. The largest absolute Gasteiger partial charge is 0.298 e. The molecule has 3 rings (SSSR count). The van der Waals surface area contributed by atoms with Gasteiger partial charge in [-0.1, -0.05) is 48.2 Å². The summed E-state index contributed by atoms with van der Waals surface area (Å²) in [7, 11) is 0. The van der Waals surface area contributed by atoms with Crippen molar-refractivity contribution in [2.45, 2.75) is 13.8 Å². The number of hydrazine groups is 1. The van der Waals surface area contributed by atoms with Gasteiger partial charge in [-0.15, -0.1) is 0 Å². The molecule has 1 heterocycles. The zero-order chi connectivity index (χ0) is 14.7. The van der Waals surface area contributed by atoms with Crippen LogP contribution in [0.15, 0.2) is 58.9 Å². The Balaban J connectivity index is 1.77. The van der Waals surface area contributed by atoms with Crippen LogP contribution in [0.5, 0.6) is 0 Å². The Morgan fingerprint density at radius 2 is 1.71 bits per heavy atom. The second kappa shape index (κ2) is 6.06. The minimum Gasteiger partial charge on any atom is -0.298 e. The van der Waals surface area contributed by atoms with E-state index in [0.717, 1.165) is 22.1 Å². The second-order valence-electron chi connectivity index (χ2n) is 4.95. The first kappa shape index (κ1) is 13.8. The van der Waals surface area contributed by atoms with Crippen molar-refractivity contribution in [3.05, 3.63) is 70.6 Å². The summed E-state index contributed by atoms with van der Waals surface area (Å²) in [5.74, 6) is 0. The van der Waals surface area contributed by atoms with Crippen molar-refractivity contribution >= 4 is 28.3 Å². The molecule has 106 valence electrons. The van der Waals surface area contributed by atoms with Crippen molar-refractivity contribution in [1.82, 2.24) is 10.9 Å². The number of nitrogens with zero attached hydrogens (tertiary/aromatic N) is 1. The lowest BCUT2D eigenvalue weighted by Gasteiger charge is -2.19. The molecule has 2 aromatic rings. The molecule has 0 unspecified atom stereocenters.